The minimum Gasteiger partial charge on any atom is -0.455 e. The molecule has 8 rings (SSSR count). The molecular weight excluding hydrogens is 578 g/mol. The molecule has 0 N–H and O–H groups in total. The summed E-state index contributed by atoms with van der Waals surface area (Å²) in [5.41, 5.74) is 9.61. The van der Waals surface area contributed by atoms with Gasteiger partial charge in [-0.1, -0.05) is 106 Å². The fourth-order valence-corrected chi connectivity index (χ4v) is 6.82. The molecule has 2 aromatic heterocycles. The third-order valence-electron chi connectivity index (χ3n) is 7.69. The van der Waals surface area contributed by atoms with E-state index in [-0.39, 0.29) is 0 Å². The fourth-order valence-electron chi connectivity index (χ4n) is 5.96. The Morgan fingerprint density at radius 3 is 2.10 bits per heavy atom. The predicted octanol–water partition coefficient (Wildman–Crippen LogP) is 11.4. The minimum absolute atomic E-state index is 0.706. The molecule has 0 bridgehead atoms. The molecule has 0 aliphatic rings. The monoisotopic (exact) mass is 597 g/mol. The molecule has 8 aromatic rings. The van der Waals surface area contributed by atoms with Crippen molar-refractivity contribution in [3.63, 3.8) is 0 Å². The normalized spacial score (nSPS) is 11.8. The highest BCUT2D eigenvalue weighted by atomic mass is 79.9. The number of halogens is 2. The molecule has 2 nitrogen and oxygen atoms in total. The van der Waals surface area contributed by atoms with Gasteiger partial charge in [-0.05, 0) is 65.2 Å². The molecule has 0 saturated carbocycles. The van der Waals surface area contributed by atoms with Crippen LogP contribution in [0.5, 0.6) is 0 Å². The quantitative estimate of drug-likeness (QED) is 0.198. The molecule has 0 fully saturated rings. The molecule has 0 radical (unpaired) electrons. The van der Waals surface area contributed by atoms with Crippen molar-refractivity contribution < 1.29 is 4.42 Å². The summed E-state index contributed by atoms with van der Waals surface area (Å²) in [6.45, 7) is 0. The van der Waals surface area contributed by atoms with Crippen LogP contribution < -0.4 is 0 Å². The van der Waals surface area contributed by atoms with Gasteiger partial charge in [-0.3, -0.25) is 0 Å². The van der Waals surface area contributed by atoms with Crippen molar-refractivity contribution in [2.75, 3.05) is 0 Å². The van der Waals surface area contributed by atoms with Crippen molar-refractivity contribution in [2.45, 2.75) is 0 Å². The van der Waals surface area contributed by atoms with Gasteiger partial charge in [0.25, 0.3) is 0 Å². The first-order valence-corrected chi connectivity index (χ1v) is 14.3. The summed E-state index contributed by atoms with van der Waals surface area (Å²) in [5, 5.41) is 5.37. The lowest BCUT2D eigenvalue weighted by atomic mass is 9.96. The molecule has 0 aliphatic carbocycles. The number of furan rings is 1. The predicted molar refractivity (Wildman–Crippen MR) is 172 cm³/mol. The van der Waals surface area contributed by atoms with Gasteiger partial charge in [0.2, 0.25) is 0 Å². The zero-order valence-corrected chi connectivity index (χ0v) is 23.6. The van der Waals surface area contributed by atoms with E-state index in [4.69, 9.17) is 16.0 Å². The average molecular weight is 599 g/mol. The smallest absolute Gasteiger partial charge is 0.145 e. The SMILES string of the molecule is Clc1cc(Br)cc(-c2ccc(-c3cc4c5ccccc5n(-c5ccccc5)c4c4c3oc3ccccc34)cc2)c1. The van der Waals surface area contributed by atoms with E-state index in [2.05, 4.69) is 130 Å². The second-order valence-electron chi connectivity index (χ2n) is 10.0. The number of fused-ring (bicyclic) bond motifs is 7. The van der Waals surface area contributed by atoms with E-state index in [0.717, 1.165) is 59.9 Å². The van der Waals surface area contributed by atoms with E-state index in [1.165, 1.54) is 16.3 Å². The number of benzene rings is 6. The van der Waals surface area contributed by atoms with Crippen molar-refractivity contribution in [3.05, 3.63) is 137 Å². The van der Waals surface area contributed by atoms with Crippen molar-refractivity contribution in [1.82, 2.24) is 4.57 Å². The summed E-state index contributed by atoms with van der Waals surface area (Å²) < 4.78 is 9.98. The van der Waals surface area contributed by atoms with Crippen LogP contribution in [0.4, 0.5) is 0 Å². The molecule has 40 heavy (non-hydrogen) atoms. The Bertz CT molecular complexity index is 2210. The van der Waals surface area contributed by atoms with Crippen LogP contribution in [0.2, 0.25) is 5.02 Å². The summed E-state index contributed by atoms with van der Waals surface area (Å²) in [7, 11) is 0. The van der Waals surface area contributed by atoms with Crippen molar-refractivity contribution in [2.24, 2.45) is 0 Å². The van der Waals surface area contributed by atoms with Gasteiger partial charge in [-0.15, -0.1) is 0 Å². The highest BCUT2D eigenvalue weighted by Gasteiger charge is 2.22. The molecule has 0 saturated heterocycles. The maximum Gasteiger partial charge on any atom is 0.145 e. The Kier molecular flexibility index (Phi) is 5.38. The van der Waals surface area contributed by atoms with Gasteiger partial charge in [-0.2, -0.15) is 0 Å². The highest BCUT2D eigenvalue weighted by Crippen LogP contribution is 2.45. The van der Waals surface area contributed by atoms with Crippen LogP contribution in [0.1, 0.15) is 0 Å². The van der Waals surface area contributed by atoms with E-state index in [1.807, 2.05) is 18.2 Å². The first-order valence-electron chi connectivity index (χ1n) is 13.2. The minimum atomic E-state index is 0.706. The Morgan fingerprint density at radius 1 is 0.600 bits per heavy atom. The van der Waals surface area contributed by atoms with Gasteiger partial charge in [-0.25, -0.2) is 0 Å². The van der Waals surface area contributed by atoms with Crippen LogP contribution in [-0.2, 0) is 0 Å². The van der Waals surface area contributed by atoms with Crippen LogP contribution >= 0.6 is 27.5 Å². The molecule has 2 heterocycles. The van der Waals surface area contributed by atoms with Crippen molar-refractivity contribution in [1.29, 1.82) is 0 Å². The molecule has 0 amide bonds. The second kappa shape index (κ2) is 9.12. The summed E-state index contributed by atoms with van der Waals surface area (Å²) in [5.74, 6) is 0. The summed E-state index contributed by atoms with van der Waals surface area (Å²) in [4.78, 5) is 0. The summed E-state index contributed by atoms with van der Waals surface area (Å²) in [6.07, 6.45) is 0. The topological polar surface area (TPSA) is 18.1 Å². The Hall–Kier alpha value is -4.31. The number of rotatable bonds is 3. The summed E-state index contributed by atoms with van der Waals surface area (Å²) >= 11 is 9.90. The lowest BCUT2D eigenvalue weighted by Gasteiger charge is -2.11. The molecule has 0 aliphatic heterocycles. The number of aromatic nitrogens is 1. The van der Waals surface area contributed by atoms with E-state index >= 15 is 0 Å². The van der Waals surface area contributed by atoms with Crippen LogP contribution in [0.15, 0.2) is 136 Å². The van der Waals surface area contributed by atoms with Gasteiger partial charge in [0.15, 0.2) is 0 Å². The first kappa shape index (κ1) is 23.6. The zero-order chi connectivity index (χ0) is 26.8. The van der Waals surface area contributed by atoms with Crippen molar-refractivity contribution >= 4 is 71.3 Å². The van der Waals surface area contributed by atoms with Crippen LogP contribution in [0, 0.1) is 0 Å². The van der Waals surface area contributed by atoms with Crippen LogP contribution in [0.25, 0.3) is 71.7 Å². The van der Waals surface area contributed by atoms with E-state index < -0.39 is 0 Å². The van der Waals surface area contributed by atoms with E-state index in [9.17, 15) is 0 Å². The molecule has 0 spiro atoms. The highest BCUT2D eigenvalue weighted by molar-refractivity contribution is 9.10. The zero-order valence-electron chi connectivity index (χ0n) is 21.2. The van der Waals surface area contributed by atoms with Gasteiger partial charge >= 0.3 is 0 Å². The molecular formula is C36H21BrClNO. The number of para-hydroxylation sites is 3. The first-order chi connectivity index (χ1) is 19.7. The third kappa shape index (κ3) is 3.62. The standard InChI is InChI=1S/C36H21BrClNO/c37-25-18-24(19-26(38)20-25)22-14-16-23(17-15-22)30-21-31-28-10-4-6-12-32(28)39(27-8-2-1-3-9-27)35(31)34-29-11-5-7-13-33(29)40-36(30)34/h1-21H. The second-order valence-corrected chi connectivity index (χ2v) is 11.4. The Labute approximate surface area is 244 Å². The van der Waals surface area contributed by atoms with Gasteiger partial charge in [0.1, 0.15) is 11.2 Å². The Morgan fingerprint density at radius 2 is 1.30 bits per heavy atom. The van der Waals surface area contributed by atoms with Gasteiger partial charge in [0.05, 0.1) is 16.4 Å². The molecule has 190 valence electrons. The number of hydrogen-bond acceptors (Lipinski definition) is 1. The van der Waals surface area contributed by atoms with Gasteiger partial charge in [0, 0.05) is 36.9 Å². The average Bonchev–Trinajstić information content (AvgIpc) is 3.53. The van der Waals surface area contributed by atoms with E-state index in [1.54, 1.807) is 0 Å². The van der Waals surface area contributed by atoms with Gasteiger partial charge < -0.3 is 8.98 Å². The Balaban J connectivity index is 1.46. The molecule has 6 aromatic carbocycles. The van der Waals surface area contributed by atoms with Crippen LogP contribution in [0.3, 0.4) is 0 Å². The maximum absolute atomic E-state index is 6.64. The lowest BCUT2D eigenvalue weighted by molar-refractivity contribution is 0.670. The largest absolute Gasteiger partial charge is 0.455 e. The lowest BCUT2D eigenvalue weighted by Crippen LogP contribution is -1.94. The number of nitrogens with zero attached hydrogens (tertiary/aromatic N) is 1. The molecule has 4 heteroatoms. The van der Waals surface area contributed by atoms with Crippen molar-refractivity contribution in [3.8, 4) is 27.9 Å². The maximum atomic E-state index is 6.64. The fraction of sp³-hybridized carbons (Fsp3) is 0. The third-order valence-corrected chi connectivity index (χ3v) is 8.36. The number of hydrogen-bond donors (Lipinski definition) is 0. The van der Waals surface area contributed by atoms with Crippen LogP contribution in [-0.4, -0.2) is 4.57 Å². The molecule has 0 unspecified atom stereocenters. The molecule has 0 atom stereocenters. The van der Waals surface area contributed by atoms with E-state index in [0.29, 0.717) is 5.02 Å². The summed E-state index contributed by atoms with van der Waals surface area (Å²) in [6, 6.07) is 44.5.